The molecule has 2 N–H and O–H groups in total. The molecule has 7 nitrogen and oxygen atoms in total. The predicted molar refractivity (Wildman–Crippen MR) is 129 cm³/mol. The Kier molecular flexibility index (Phi) is 4.66. The fourth-order valence-electron chi connectivity index (χ4n) is 4.01. The van der Waals surface area contributed by atoms with Gasteiger partial charge in [-0.3, -0.25) is 9.59 Å². The fourth-order valence-corrected chi connectivity index (χ4v) is 4.01. The second kappa shape index (κ2) is 7.97. The molecule has 1 aromatic heterocycles. The SMILES string of the molecule is O=C(Nc1c(C(=O)Nc2ccc3c(c2)OCO3)oc2ccccc12)c1ccc2ccccc2c1. The molecule has 0 atom stereocenters. The summed E-state index contributed by atoms with van der Waals surface area (Å²) in [7, 11) is 0. The summed E-state index contributed by atoms with van der Waals surface area (Å²) in [5, 5.41) is 8.31. The number of para-hydroxylation sites is 1. The zero-order valence-corrected chi connectivity index (χ0v) is 17.8. The third-order valence-electron chi connectivity index (χ3n) is 5.68. The molecule has 0 radical (unpaired) electrons. The molecule has 4 aromatic carbocycles. The molecule has 0 unspecified atom stereocenters. The Hall–Kier alpha value is -4.78. The predicted octanol–water partition coefficient (Wildman–Crippen LogP) is 5.82. The van der Waals surface area contributed by atoms with E-state index in [9.17, 15) is 9.59 Å². The number of nitrogens with one attached hydrogen (secondary N) is 2. The highest BCUT2D eigenvalue weighted by molar-refractivity contribution is 6.17. The Morgan fingerprint density at radius 3 is 2.41 bits per heavy atom. The number of hydrogen-bond acceptors (Lipinski definition) is 5. The van der Waals surface area contributed by atoms with Crippen molar-refractivity contribution in [2.75, 3.05) is 17.4 Å². The van der Waals surface area contributed by atoms with E-state index < -0.39 is 5.91 Å². The lowest BCUT2D eigenvalue weighted by atomic mass is 10.1. The maximum Gasteiger partial charge on any atom is 0.293 e. The molecule has 0 spiro atoms. The topological polar surface area (TPSA) is 89.8 Å². The second-order valence-electron chi connectivity index (χ2n) is 7.84. The molecule has 0 bridgehead atoms. The molecule has 5 aromatic rings. The standard InChI is InChI=1S/C27H18N2O5/c30-26(18-10-9-16-5-1-2-6-17(16)13-18)29-24-20-7-3-4-8-21(20)34-25(24)27(31)28-19-11-12-22-23(14-19)33-15-32-22/h1-14H,15H2,(H,28,31)(H,29,30). The van der Waals surface area contributed by atoms with E-state index in [2.05, 4.69) is 10.6 Å². The van der Waals surface area contributed by atoms with Crippen molar-refractivity contribution in [3.63, 3.8) is 0 Å². The molecular formula is C27H18N2O5. The smallest absolute Gasteiger partial charge is 0.293 e. The Morgan fingerprint density at radius 1 is 0.706 bits per heavy atom. The van der Waals surface area contributed by atoms with Crippen molar-refractivity contribution in [2.45, 2.75) is 0 Å². The van der Waals surface area contributed by atoms with Crippen LogP contribution in [0.2, 0.25) is 0 Å². The minimum atomic E-state index is -0.496. The number of rotatable bonds is 4. The molecule has 166 valence electrons. The molecule has 0 fully saturated rings. The van der Waals surface area contributed by atoms with Crippen LogP contribution in [-0.4, -0.2) is 18.6 Å². The largest absolute Gasteiger partial charge is 0.454 e. The number of benzene rings is 4. The van der Waals surface area contributed by atoms with E-state index in [0.717, 1.165) is 10.8 Å². The van der Waals surface area contributed by atoms with Gasteiger partial charge in [-0.15, -0.1) is 0 Å². The molecule has 6 rings (SSSR count). The van der Waals surface area contributed by atoms with Crippen molar-refractivity contribution >= 4 is 44.9 Å². The van der Waals surface area contributed by atoms with E-state index in [4.69, 9.17) is 13.9 Å². The number of fused-ring (bicyclic) bond motifs is 3. The number of carbonyl (C=O) groups excluding carboxylic acids is 2. The van der Waals surface area contributed by atoms with E-state index in [1.54, 1.807) is 42.5 Å². The van der Waals surface area contributed by atoms with Crippen molar-refractivity contribution in [3.05, 3.63) is 96.3 Å². The molecule has 1 aliphatic heterocycles. The average Bonchev–Trinajstić information content (AvgIpc) is 3.48. The van der Waals surface area contributed by atoms with E-state index in [0.29, 0.717) is 39.4 Å². The lowest BCUT2D eigenvalue weighted by Gasteiger charge is -2.09. The van der Waals surface area contributed by atoms with E-state index >= 15 is 0 Å². The maximum atomic E-state index is 13.2. The summed E-state index contributed by atoms with van der Waals surface area (Å²) in [4.78, 5) is 26.3. The van der Waals surface area contributed by atoms with Crippen LogP contribution in [0.25, 0.3) is 21.7 Å². The number of ether oxygens (including phenoxy) is 2. The first-order chi connectivity index (χ1) is 16.7. The van der Waals surface area contributed by atoms with Crippen molar-refractivity contribution in [3.8, 4) is 11.5 Å². The van der Waals surface area contributed by atoms with Gasteiger partial charge in [0.05, 0.1) is 0 Å². The molecule has 0 aliphatic carbocycles. The molecule has 2 amide bonds. The van der Waals surface area contributed by atoms with Crippen LogP contribution in [0.1, 0.15) is 20.9 Å². The molecule has 34 heavy (non-hydrogen) atoms. The quantitative estimate of drug-likeness (QED) is 0.360. The first kappa shape index (κ1) is 19.9. The van der Waals surface area contributed by atoms with Gasteiger partial charge < -0.3 is 24.5 Å². The van der Waals surface area contributed by atoms with Crippen molar-refractivity contribution < 1.29 is 23.5 Å². The number of anilines is 2. The van der Waals surface area contributed by atoms with Gasteiger partial charge in [-0.05, 0) is 47.2 Å². The summed E-state index contributed by atoms with van der Waals surface area (Å²) in [5.41, 5.74) is 1.80. The Morgan fingerprint density at radius 2 is 1.50 bits per heavy atom. The highest BCUT2D eigenvalue weighted by Crippen LogP contribution is 2.36. The zero-order chi connectivity index (χ0) is 23.1. The van der Waals surface area contributed by atoms with Gasteiger partial charge in [0.1, 0.15) is 11.3 Å². The second-order valence-corrected chi connectivity index (χ2v) is 7.84. The van der Waals surface area contributed by atoms with Crippen LogP contribution in [-0.2, 0) is 0 Å². The fraction of sp³-hybridized carbons (Fsp3) is 0.0370. The minimum Gasteiger partial charge on any atom is -0.454 e. The van der Waals surface area contributed by atoms with Crippen LogP contribution < -0.4 is 20.1 Å². The minimum absolute atomic E-state index is 0.00741. The summed E-state index contributed by atoms with van der Waals surface area (Å²) < 4.78 is 16.5. The molecule has 2 heterocycles. The third-order valence-corrected chi connectivity index (χ3v) is 5.68. The van der Waals surface area contributed by atoms with E-state index in [1.807, 2.05) is 42.5 Å². The van der Waals surface area contributed by atoms with Crippen LogP contribution in [0, 0.1) is 0 Å². The summed E-state index contributed by atoms with van der Waals surface area (Å²) in [6.07, 6.45) is 0. The van der Waals surface area contributed by atoms with Gasteiger partial charge in [-0.2, -0.15) is 0 Å². The Balaban J connectivity index is 1.33. The molecule has 7 heteroatoms. The third kappa shape index (κ3) is 3.49. The molecule has 0 saturated heterocycles. The summed E-state index contributed by atoms with van der Waals surface area (Å²) >= 11 is 0. The highest BCUT2D eigenvalue weighted by Gasteiger charge is 2.24. The molecule has 0 saturated carbocycles. The first-order valence-corrected chi connectivity index (χ1v) is 10.7. The van der Waals surface area contributed by atoms with Crippen LogP contribution in [0.15, 0.2) is 89.3 Å². The number of carbonyl (C=O) groups is 2. The Bertz CT molecular complexity index is 1590. The highest BCUT2D eigenvalue weighted by atomic mass is 16.7. The number of hydrogen-bond donors (Lipinski definition) is 2. The van der Waals surface area contributed by atoms with Gasteiger partial charge in [-0.1, -0.05) is 42.5 Å². The van der Waals surface area contributed by atoms with Crippen LogP contribution >= 0.6 is 0 Å². The maximum absolute atomic E-state index is 13.2. The molecule has 1 aliphatic rings. The molecular weight excluding hydrogens is 432 g/mol. The van der Waals surface area contributed by atoms with Crippen LogP contribution in [0.4, 0.5) is 11.4 Å². The van der Waals surface area contributed by atoms with Crippen molar-refractivity contribution in [2.24, 2.45) is 0 Å². The Labute approximate surface area is 193 Å². The van der Waals surface area contributed by atoms with Gasteiger partial charge in [-0.25, -0.2) is 0 Å². The van der Waals surface area contributed by atoms with Crippen LogP contribution in [0.5, 0.6) is 11.5 Å². The monoisotopic (exact) mass is 450 g/mol. The average molecular weight is 450 g/mol. The van der Waals surface area contributed by atoms with E-state index in [-0.39, 0.29) is 18.5 Å². The van der Waals surface area contributed by atoms with E-state index in [1.165, 1.54) is 0 Å². The summed E-state index contributed by atoms with van der Waals surface area (Å²) in [5.74, 6) is 0.337. The summed E-state index contributed by atoms with van der Waals surface area (Å²) in [6, 6.07) is 25.6. The number of amides is 2. The first-order valence-electron chi connectivity index (χ1n) is 10.7. The summed E-state index contributed by atoms with van der Waals surface area (Å²) in [6.45, 7) is 0.140. The lowest BCUT2D eigenvalue weighted by molar-refractivity contribution is 0.0999. The van der Waals surface area contributed by atoms with Gasteiger partial charge in [0.25, 0.3) is 11.8 Å². The zero-order valence-electron chi connectivity index (χ0n) is 17.8. The van der Waals surface area contributed by atoms with Gasteiger partial charge in [0, 0.05) is 22.7 Å². The lowest BCUT2D eigenvalue weighted by Crippen LogP contribution is -2.17. The van der Waals surface area contributed by atoms with Gasteiger partial charge in [0.2, 0.25) is 12.6 Å². The van der Waals surface area contributed by atoms with Crippen molar-refractivity contribution in [1.29, 1.82) is 0 Å². The van der Waals surface area contributed by atoms with Crippen LogP contribution in [0.3, 0.4) is 0 Å². The number of furan rings is 1. The van der Waals surface area contributed by atoms with Gasteiger partial charge >= 0.3 is 0 Å². The normalized spacial score (nSPS) is 12.1. The van der Waals surface area contributed by atoms with Gasteiger partial charge in [0.15, 0.2) is 11.5 Å². The van der Waals surface area contributed by atoms with Crippen molar-refractivity contribution in [1.82, 2.24) is 0 Å².